The zero-order valence-corrected chi connectivity index (χ0v) is 10.9. The van der Waals surface area contributed by atoms with Gasteiger partial charge in [-0.15, -0.1) is 0 Å². The lowest BCUT2D eigenvalue weighted by Crippen LogP contribution is -2.49. The highest BCUT2D eigenvalue weighted by molar-refractivity contribution is 4.89. The van der Waals surface area contributed by atoms with Crippen molar-refractivity contribution in [3.63, 3.8) is 0 Å². The molecule has 2 unspecified atom stereocenters. The standard InChI is InChI=1S/C13H26N2O/c1-4-14-12-5-6-13(7-12)15-8-10(2)16-11(3)9-15/h10-14H,4-9H2,1-3H3/t10-,11+,12?,13?. The second kappa shape index (κ2) is 5.48. The Morgan fingerprint density at radius 1 is 1.19 bits per heavy atom. The highest BCUT2D eigenvalue weighted by Crippen LogP contribution is 2.26. The van der Waals surface area contributed by atoms with Gasteiger partial charge in [-0.1, -0.05) is 6.92 Å². The molecule has 0 radical (unpaired) electrons. The minimum Gasteiger partial charge on any atom is -0.373 e. The van der Waals surface area contributed by atoms with Crippen LogP contribution in [-0.4, -0.2) is 48.8 Å². The minimum absolute atomic E-state index is 0.405. The van der Waals surface area contributed by atoms with Crippen molar-refractivity contribution < 1.29 is 4.74 Å². The van der Waals surface area contributed by atoms with Crippen LogP contribution in [0.2, 0.25) is 0 Å². The van der Waals surface area contributed by atoms with E-state index in [2.05, 4.69) is 31.0 Å². The van der Waals surface area contributed by atoms with E-state index in [0.29, 0.717) is 12.2 Å². The van der Waals surface area contributed by atoms with Gasteiger partial charge in [-0.25, -0.2) is 0 Å². The fourth-order valence-electron chi connectivity index (χ4n) is 3.28. The van der Waals surface area contributed by atoms with Crippen LogP contribution in [0.25, 0.3) is 0 Å². The summed E-state index contributed by atoms with van der Waals surface area (Å²) in [5.41, 5.74) is 0. The molecule has 2 aliphatic rings. The molecule has 0 aromatic rings. The zero-order chi connectivity index (χ0) is 11.5. The van der Waals surface area contributed by atoms with Gasteiger partial charge in [-0.2, -0.15) is 0 Å². The van der Waals surface area contributed by atoms with Crippen LogP contribution in [0.15, 0.2) is 0 Å². The van der Waals surface area contributed by atoms with Crippen LogP contribution in [0.1, 0.15) is 40.0 Å². The summed E-state index contributed by atoms with van der Waals surface area (Å²) in [5, 5.41) is 3.58. The molecule has 2 rings (SSSR count). The molecule has 1 heterocycles. The monoisotopic (exact) mass is 226 g/mol. The Balaban J connectivity index is 1.84. The second-order valence-electron chi connectivity index (χ2n) is 5.43. The fraction of sp³-hybridized carbons (Fsp3) is 1.00. The first kappa shape index (κ1) is 12.3. The Hall–Kier alpha value is -0.120. The van der Waals surface area contributed by atoms with Gasteiger partial charge in [0.25, 0.3) is 0 Å². The fourth-order valence-corrected chi connectivity index (χ4v) is 3.28. The van der Waals surface area contributed by atoms with Gasteiger partial charge in [0.15, 0.2) is 0 Å². The minimum atomic E-state index is 0.405. The molecule has 0 spiro atoms. The maximum Gasteiger partial charge on any atom is 0.0678 e. The Kier molecular flexibility index (Phi) is 4.22. The third-order valence-electron chi connectivity index (χ3n) is 3.86. The molecular weight excluding hydrogens is 200 g/mol. The first-order valence-corrected chi connectivity index (χ1v) is 6.82. The lowest BCUT2D eigenvalue weighted by Gasteiger charge is -2.39. The van der Waals surface area contributed by atoms with Crippen molar-refractivity contribution >= 4 is 0 Å². The van der Waals surface area contributed by atoms with Gasteiger partial charge in [0.2, 0.25) is 0 Å². The lowest BCUT2D eigenvalue weighted by atomic mass is 10.1. The molecule has 3 nitrogen and oxygen atoms in total. The Morgan fingerprint density at radius 3 is 2.50 bits per heavy atom. The number of rotatable bonds is 3. The van der Waals surface area contributed by atoms with Crippen LogP contribution < -0.4 is 5.32 Å². The number of morpholine rings is 1. The van der Waals surface area contributed by atoms with Crippen LogP contribution in [-0.2, 0) is 4.74 Å². The maximum atomic E-state index is 5.79. The highest BCUT2D eigenvalue weighted by Gasteiger charge is 2.32. The molecule has 0 bridgehead atoms. The molecule has 0 aromatic carbocycles. The summed E-state index contributed by atoms with van der Waals surface area (Å²) in [6.45, 7) is 9.93. The normalized spacial score (nSPS) is 41.4. The number of ether oxygens (including phenoxy) is 1. The molecule has 0 amide bonds. The van der Waals surface area contributed by atoms with Crippen molar-refractivity contribution in [2.45, 2.75) is 64.3 Å². The average molecular weight is 226 g/mol. The van der Waals surface area contributed by atoms with Crippen LogP contribution in [0, 0.1) is 0 Å². The number of hydrogen-bond donors (Lipinski definition) is 1. The molecule has 4 atom stereocenters. The summed E-state index contributed by atoms with van der Waals surface area (Å²) in [7, 11) is 0. The smallest absolute Gasteiger partial charge is 0.0678 e. The van der Waals surface area contributed by atoms with Gasteiger partial charge in [0, 0.05) is 25.2 Å². The van der Waals surface area contributed by atoms with Gasteiger partial charge in [-0.3, -0.25) is 4.90 Å². The van der Waals surface area contributed by atoms with E-state index >= 15 is 0 Å². The van der Waals surface area contributed by atoms with Crippen molar-refractivity contribution in [1.29, 1.82) is 0 Å². The van der Waals surface area contributed by atoms with E-state index < -0.39 is 0 Å². The van der Waals surface area contributed by atoms with E-state index in [4.69, 9.17) is 4.74 Å². The first-order valence-electron chi connectivity index (χ1n) is 6.82. The molecule has 1 aliphatic carbocycles. The summed E-state index contributed by atoms with van der Waals surface area (Å²) in [6.07, 6.45) is 4.84. The number of nitrogens with one attached hydrogen (secondary N) is 1. The first-order chi connectivity index (χ1) is 7.69. The molecular formula is C13H26N2O. The molecule has 0 aromatic heterocycles. The van der Waals surface area contributed by atoms with Gasteiger partial charge in [-0.05, 0) is 39.7 Å². The van der Waals surface area contributed by atoms with Crippen molar-refractivity contribution in [2.24, 2.45) is 0 Å². The Morgan fingerprint density at radius 2 is 1.88 bits per heavy atom. The van der Waals surface area contributed by atoms with Crippen LogP contribution in [0.3, 0.4) is 0 Å². The lowest BCUT2D eigenvalue weighted by molar-refractivity contribution is -0.0797. The number of nitrogens with zero attached hydrogens (tertiary/aromatic N) is 1. The van der Waals surface area contributed by atoms with Gasteiger partial charge < -0.3 is 10.1 Å². The van der Waals surface area contributed by atoms with Crippen molar-refractivity contribution in [3.8, 4) is 0 Å². The maximum absolute atomic E-state index is 5.79. The van der Waals surface area contributed by atoms with Crippen LogP contribution in [0.4, 0.5) is 0 Å². The third kappa shape index (κ3) is 2.96. The summed E-state index contributed by atoms with van der Waals surface area (Å²) >= 11 is 0. The van der Waals surface area contributed by atoms with E-state index in [-0.39, 0.29) is 0 Å². The molecule has 1 aliphatic heterocycles. The average Bonchev–Trinajstić information content (AvgIpc) is 2.65. The van der Waals surface area contributed by atoms with E-state index in [9.17, 15) is 0 Å². The molecule has 1 saturated carbocycles. The summed E-state index contributed by atoms with van der Waals surface area (Å²) in [5.74, 6) is 0. The molecule has 3 heteroatoms. The molecule has 16 heavy (non-hydrogen) atoms. The summed E-state index contributed by atoms with van der Waals surface area (Å²) in [6, 6.07) is 1.54. The predicted molar refractivity (Wildman–Crippen MR) is 66.7 cm³/mol. The van der Waals surface area contributed by atoms with Crippen molar-refractivity contribution in [1.82, 2.24) is 10.2 Å². The Labute approximate surface area is 99.5 Å². The summed E-state index contributed by atoms with van der Waals surface area (Å²) in [4.78, 5) is 2.65. The molecule has 1 N–H and O–H groups in total. The second-order valence-corrected chi connectivity index (χ2v) is 5.43. The molecule has 2 fully saturated rings. The largest absolute Gasteiger partial charge is 0.373 e. The van der Waals surface area contributed by atoms with Gasteiger partial charge >= 0.3 is 0 Å². The Bertz CT molecular complexity index is 212. The van der Waals surface area contributed by atoms with Gasteiger partial charge in [0.05, 0.1) is 12.2 Å². The predicted octanol–water partition coefficient (Wildman–Crippen LogP) is 1.63. The molecule has 1 saturated heterocycles. The summed E-state index contributed by atoms with van der Waals surface area (Å²) < 4.78 is 5.79. The van der Waals surface area contributed by atoms with Crippen LogP contribution >= 0.6 is 0 Å². The topological polar surface area (TPSA) is 24.5 Å². The third-order valence-corrected chi connectivity index (χ3v) is 3.86. The van der Waals surface area contributed by atoms with E-state index in [1.54, 1.807) is 0 Å². The highest BCUT2D eigenvalue weighted by atomic mass is 16.5. The zero-order valence-electron chi connectivity index (χ0n) is 10.9. The van der Waals surface area contributed by atoms with Crippen molar-refractivity contribution in [3.05, 3.63) is 0 Å². The SMILES string of the molecule is CCNC1CCC(N2C[C@@H](C)O[C@@H](C)C2)C1. The van der Waals surface area contributed by atoms with Gasteiger partial charge in [0.1, 0.15) is 0 Å². The van der Waals surface area contributed by atoms with E-state index in [1.807, 2.05) is 0 Å². The van der Waals surface area contributed by atoms with E-state index in [1.165, 1.54) is 19.3 Å². The molecule has 94 valence electrons. The van der Waals surface area contributed by atoms with Crippen LogP contribution in [0.5, 0.6) is 0 Å². The van der Waals surface area contributed by atoms with Crippen molar-refractivity contribution in [2.75, 3.05) is 19.6 Å². The quantitative estimate of drug-likeness (QED) is 0.791. The number of hydrogen-bond acceptors (Lipinski definition) is 3. The van der Waals surface area contributed by atoms with E-state index in [0.717, 1.165) is 31.7 Å².